The molecule has 0 aromatic heterocycles. The first kappa shape index (κ1) is 9.76. The van der Waals surface area contributed by atoms with E-state index in [1.54, 1.807) is 6.19 Å². The lowest BCUT2D eigenvalue weighted by molar-refractivity contribution is 0.289. The van der Waals surface area contributed by atoms with Gasteiger partial charge in [-0.25, -0.2) is 0 Å². The molecule has 0 unspecified atom stereocenters. The monoisotopic (exact) mass is 155 g/mol. The van der Waals surface area contributed by atoms with E-state index in [1.807, 2.05) is 0 Å². The summed E-state index contributed by atoms with van der Waals surface area (Å²) in [4.78, 5) is 3.20. The molecule has 4 nitrogen and oxygen atoms in total. The molecule has 62 valence electrons. The van der Waals surface area contributed by atoms with E-state index in [-0.39, 0.29) is 6.02 Å². The summed E-state index contributed by atoms with van der Waals surface area (Å²) in [6, 6.07) is -0.0383. The maximum Gasteiger partial charge on any atom is 0.297 e. The highest BCUT2D eigenvalue weighted by molar-refractivity contribution is 5.72. The Kier molecular flexibility index (Phi) is 6.10. The van der Waals surface area contributed by atoms with Gasteiger partial charge in [0.15, 0.2) is 0 Å². The van der Waals surface area contributed by atoms with Crippen LogP contribution >= 0.6 is 0 Å². The van der Waals surface area contributed by atoms with Gasteiger partial charge in [0.1, 0.15) is 0 Å². The summed E-state index contributed by atoms with van der Waals surface area (Å²) in [7, 11) is 0. The predicted molar refractivity (Wildman–Crippen MR) is 42.7 cm³/mol. The first-order valence-corrected chi connectivity index (χ1v) is 3.66. The number of nitrogens with two attached hydrogens (primary N) is 1. The van der Waals surface area contributed by atoms with Crippen molar-refractivity contribution in [1.29, 1.82) is 5.26 Å². The quantitative estimate of drug-likeness (QED) is 0.285. The van der Waals surface area contributed by atoms with Gasteiger partial charge in [0.2, 0.25) is 6.19 Å². The number of aliphatic imine (C=N–C) groups is 1. The minimum Gasteiger partial charge on any atom is -0.465 e. The SMILES string of the molecule is CCCCCOC(N)=NC#N. The molecule has 0 bridgehead atoms. The van der Waals surface area contributed by atoms with Crippen molar-refractivity contribution in [2.45, 2.75) is 26.2 Å². The third-order valence-electron chi connectivity index (χ3n) is 1.16. The van der Waals surface area contributed by atoms with Crippen molar-refractivity contribution >= 4 is 6.02 Å². The van der Waals surface area contributed by atoms with Crippen LogP contribution < -0.4 is 5.73 Å². The van der Waals surface area contributed by atoms with Crippen LogP contribution in [0.25, 0.3) is 0 Å². The summed E-state index contributed by atoms with van der Waals surface area (Å²) < 4.78 is 4.89. The summed E-state index contributed by atoms with van der Waals surface area (Å²) >= 11 is 0. The van der Waals surface area contributed by atoms with Crippen molar-refractivity contribution in [2.75, 3.05) is 6.61 Å². The van der Waals surface area contributed by atoms with Crippen molar-refractivity contribution in [3.63, 3.8) is 0 Å². The van der Waals surface area contributed by atoms with Gasteiger partial charge < -0.3 is 10.5 Å². The fourth-order valence-electron chi connectivity index (χ4n) is 0.610. The Morgan fingerprint density at radius 1 is 1.64 bits per heavy atom. The molecule has 0 amide bonds. The average molecular weight is 155 g/mol. The Balaban J connectivity index is 3.26. The maximum atomic E-state index is 8.04. The number of unbranched alkanes of at least 4 members (excludes halogenated alkanes) is 2. The first-order chi connectivity index (χ1) is 5.31. The fraction of sp³-hybridized carbons (Fsp3) is 0.714. The number of nitriles is 1. The van der Waals surface area contributed by atoms with E-state index in [2.05, 4.69) is 11.9 Å². The van der Waals surface area contributed by atoms with E-state index in [0.29, 0.717) is 6.61 Å². The molecule has 11 heavy (non-hydrogen) atoms. The molecule has 4 heteroatoms. The topological polar surface area (TPSA) is 71.4 Å². The number of hydrogen-bond acceptors (Lipinski definition) is 3. The molecule has 0 fully saturated rings. The summed E-state index contributed by atoms with van der Waals surface area (Å²) in [6.45, 7) is 2.65. The number of amidine groups is 1. The number of nitrogens with zero attached hydrogens (tertiary/aromatic N) is 2. The fourth-order valence-corrected chi connectivity index (χ4v) is 0.610. The van der Waals surface area contributed by atoms with Gasteiger partial charge in [-0.15, -0.1) is 4.99 Å². The lowest BCUT2D eigenvalue weighted by Gasteiger charge is -2.00. The van der Waals surface area contributed by atoms with Crippen molar-refractivity contribution in [3.8, 4) is 6.19 Å². The van der Waals surface area contributed by atoms with Gasteiger partial charge in [-0.05, 0) is 6.42 Å². The summed E-state index contributed by atoms with van der Waals surface area (Å²) in [5.41, 5.74) is 5.17. The van der Waals surface area contributed by atoms with Crippen LogP contribution in [0.15, 0.2) is 4.99 Å². The maximum absolute atomic E-state index is 8.04. The summed E-state index contributed by atoms with van der Waals surface area (Å²) in [5.74, 6) is 0. The highest BCUT2D eigenvalue weighted by atomic mass is 16.5. The highest BCUT2D eigenvalue weighted by Crippen LogP contribution is 1.93. The predicted octanol–water partition coefficient (Wildman–Crippen LogP) is 0.989. The molecule has 0 radical (unpaired) electrons. The Bertz CT molecular complexity index is 160. The Morgan fingerprint density at radius 3 is 2.91 bits per heavy atom. The molecule has 0 aliphatic rings. The van der Waals surface area contributed by atoms with Crippen LogP contribution in [-0.2, 0) is 4.74 Å². The van der Waals surface area contributed by atoms with Gasteiger partial charge in [0, 0.05) is 0 Å². The van der Waals surface area contributed by atoms with Crippen LogP contribution in [0.1, 0.15) is 26.2 Å². The highest BCUT2D eigenvalue weighted by Gasteiger charge is 1.90. The Hall–Kier alpha value is -1.24. The normalized spacial score (nSPS) is 10.7. The standard InChI is InChI=1S/C7H13N3O/c1-2-3-4-5-11-7(9)10-6-8/h2-5H2,1H3,(H2,9,10). The van der Waals surface area contributed by atoms with E-state index < -0.39 is 0 Å². The van der Waals surface area contributed by atoms with E-state index in [1.165, 1.54) is 0 Å². The van der Waals surface area contributed by atoms with Crippen molar-refractivity contribution in [2.24, 2.45) is 10.7 Å². The summed E-state index contributed by atoms with van der Waals surface area (Å²) in [5, 5.41) is 8.04. The van der Waals surface area contributed by atoms with Crippen LogP contribution in [0.5, 0.6) is 0 Å². The van der Waals surface area contributed by atoms with Gasteiger partial charge in [-0.2, -0.15) is 5.26 Å². The zero-order valence-corrected chi connectivity index (χ0v) is 6.71. The molecular formula is C7H13N3O. The first-order valence-electron chi connectivity index (χ1n) is 3.66. The molecule has 0 aliphatic carbocycles. The molecule has 0 aromatic rings. The third kappa shape index (κ3) is 6.65. The molecule has 2 N–H and O–H groups in total. The minimum atomic E-state index is -0.0383. The van der Waals surface area contributed by atoms with E-state index in [0.717, 1.165) is 19.3 Å². The molecule has 0 rings (SSSR count). The van der Waals surface area contributed by atoms with Crippen molar-refractivity contribution in [3.05, 3.63) is 0 Å². The van der Waals surface area contributed by atoms with E-state index >= 15 is 0 Å². The third-order valence-corrected chi connectivity index (χ3v) is 1.16. The van der Waals surface area contributed by atoms with Crippen molar-refractivity contribution < 1.29 is 4.74 Å². The molecule has 0 spiro atoms. The number of hydrogen-bond donors (Lipinski definition) is 1. The second-order valence-corrected chi connectivity index (χ2v) is 2.11. The molecular weight excluding hydrogens is 142 g/mol. The minimum absolute atomic E-state index is 0.0383. The molecule has 0 saturated heterocycles. The van der Waals surface area contributed by atoms with Gasteiger partial charge in [-0.3, -0.25) is 0 Å². The number of ether oxygens (including phenoxy) is 1. The van der Waals surface area contributed by atoms with Crippen LogP contribution in [0.3, 0.4) is 0 Å². The van der Waals surface area contributed by atoms with Crippen LogP contribution in [0, 0.1) is 11.5 Å². The second-order valence-electron chi connectivity index (χ2n) is 2.11. The van der Waals surface area contributed by atoms with E-state index in [9.17, 15) is 0 Å². The number of rotatable bonds is 4. The van der Waals surface area contributed by atoms with Gasteiger partial charge >= 0.3 is 0 Å². The average Bonchev–Trinajstić information content (AvgIpc) is 1.99. The van der Waals surface area contributed by atoms with Gasteiger partial charge in [0.05, 0.1) is 6.61 Å². The Morgan fingerprint density at radius 2 is 2.36 bits per heavy atom. The molecule has 0 heterocycles. The van der Waals surface area contributed by atoms with E-state index in [4.69, 9.17) is 15.7 Å². The lowest BCUT2D eigenvalue weighted by Crippen LogP contribution is -2.16. The molecule has 0 atom stereocenters. The Labute approximate surface area is 66.7 Å². The zero-order valence-electron chi connectivity index (χ0n) is 6.71. The zero-order chi connectivity index (χ0) is 8.53. The summed E-state index contributed by atoms with van der Waals surface area (Å²) in [6.07, 6.45) is 4.75. The molecule has 0 saturated carbocycles. The van der Waals surface area contributed by atoms with Gasteiger partial charge in [0.25, 0.3) is 6.02 Å². The van der Waals surface area contributed by atoms with Crippen LogP contribution in [0.2, 0.25) is 0 Å². The largest absolute Gasteiger partial charge is 0.465 e. The molecule has 0 aliphatic heterocycles. The lowest BCUT2D eigenvalue weighted by atomic mass is 10.3. The van der Waals surface area contributed by atoms with Crippen molar-refractivity contribution in [1.82, 2.24) is 0 Å². The van der Waals surface area contributed by atoms with Gasteiger partial charge in [-0.1, -0.05) is 19.8 Å². The van der Waals surface area contributed by atoms with Crippen LogP contribution in [-0.4, -0.2) is 12.6 Å². The smallest absolute Gasteiger partial charge is 0.297 e. The second kappa shape index (κ2) is 6.87. The molecule has 0 aromatic carbocycles. The van der Waals surface area contributed by atoms with Crippen LogP contribution in [0.4, 0.5) is 0 Å².